The van der Waals surface area contributed by atoms with Crippen molar-refractivity contribution in [2.24, 2.45) is 11.1 Å². The zero-order valence-corrected chi connectivity index (χ0v) is 12.8. The molecule has 1 heterocycles. The van der Waals surface area contributed by atoms with Crippen molar-refractivity contribution in [1.29, 1.82) is 0 Å². The van der Waals surface area contributed by atoms with Crippen molar-refractivity contribution in [3.63, 3.8) is 0 Å². The van der Waals surface area contributed by atoms with Crippen molar-refractivity contribution in [1.82, 2.24) is 4.90 Å². The van der Waals surface area contributed by atoms with Gasteiger partial charge >= 0.3 is 0 Å². The van der Waals surface area contributed by atoms with E-state index in [0.717, 1.165) is 30.8 Å². The molecule has 0 atom stereocenters. The molecule has 0 aromatic heterocycles. The summed E-state index contributed by atoms with van der Waals surface area (Å²) in [4.78, 5) is 14.6. The van der Waals surface area contributed by atoms with Crippen LogP contribution in [-0.4, -0.2) is 35.4 Å². The maximum absolute atomic E-state index is 12.0. The summed E-state index contributed by atoms with van der Waals surface area (Å²) in [7, 11) is 0. The average Bonchev–Trinajstić information content (AvgIpc) is 2.68. The molecule has 0 unspecified atom stereocenters. The highest BCUT2D eigenvalue weighted by Gasteiger charge is 2.29. The molecule has 1 aliphatic heterocycles. The van der Waals surface area contributed by atoms with Gasteiger partial charge < -0.3 is 11.1 Å². The number of carbonyl (C=O) groups excluding carboxylic acids is 1. The SMILES string of the molecule is CC1(C)CCN(CC(=O)Nc2cccc(C(N)=S)c2)C1. The topological polar surface area (TPSA) is 58.4 Å². The van der Waals surface area contributed by atoms with Crippen molar-refractivity contribution >= 4 is 28.8 Å². The molecule has 1 aromatic carbocycles. The van der Waals surface area contributed by atoms with Crippen molar-refractivity contribution in [2.45, 2.75) is 20.3 Å². The van der Waals surface area contributed by atoms with Crippen LogP contribution < -0.4 is 11.1 Å². The van der Waals surface area contributed by atoms with Crippen LogP contribution in [0.3, 0.4) is 0 Å². The number of nitrogens with zero attached hydrogens (tertiary/aromatic N) is 1. The van der Waals surface area contributed by atoms with E-state index in [0.29, 0.717) is 16.9 Å². The Labute approximate surface area is 125 Å². The largest absolute Gasteiger partial charge is 0.389 e. The number of anilines is 1. The second-order valence-corrected chi connectivity index (χ2v) is 6.56. The molecule has 0 spiro atoms. The average molecular weight is 291 g/mol. The Hall–Kier alpha value is -1.46. The van der Waals surface area contributed by atoms with Crippen LogP contribution >= 0.6 is 12.2 Å². The number of rotatable bonds is 4. The van der Waals surface area contributed by atoms with Gasteiger partial charge in [0.2, 0.25) is 5.91 Å². The van der Waals surface area contributed by atoms with Gasteiger partial charge in [-0.15, -0.1) is 0 Å². The molecule has 0 radical (unpaired) electrons. The quantitative estimate of drug-likeness (QED) is 0.833. The Bertz CT molecular complexity index is 528. The summed E-state index contributed by atoms with van der Waals surface area (Å²) in [5.74, 6) is 0.00258. The van der Waals surface area contributed by atoms with Gasteiger partial charge in [0.1, 0.15) is 4.99 Å². The van der Waals surface area contributed by atoms with Gasteiger partial charge in [0, 0.05) is 17.8 Å². The van der Waals surface area contributed by atoms with Crippen LogP contribution in [0.15, 0.2) is 24.3 Å². The van der Waals surface area contributed by atoms with Crippen LogP contribution in [0.2, 0.25) is 0 Å². The summed E-state index contributed by atoms with van der Waals surface area (Å²) in [5, 5.41) is 2.90. The Kier molecular flexibility index (Phi) is 4.40. The monoisotopic (exact) mass is 291 g/mol. The van der Waals surface area contributed by atoms with Crippen molar-refractivity contribution in [2.75, 3.05) is 25.0 Å². The first-order chi connectivity index (χ1) is 9.35. The summed E-state index contributed by atoms with van der Waals surface area (Å²) >= 11 is 4.93. The lowest BCUT2D eigenvalue weighted by molar-refractivity contribution is -0.117. The second-order valence-electron chi connectivity index (χ2n) is 6.12. The Balaban J connectivity index is 1.92. The number of benzene rings is 1. The number of amides is 1. The van der Waals surface area contributed by atoms with Crippen molar-refractivity contribution in [3.8, 4) is 0 Å². The van der Waals surface area contributed by atoms with E-state index in [4.69, 9.17) is 18.0 Å². The molecule has 4 nitrogen and oxygen atoms in total. The first kappa shape index (κ1) is 14.9. The van der Waals surface area contributed by atoms with Crippen LogP contribution in [0, 0.1) is 5.41 Å². The van der Waals surface area contributed by atoms with Gasteiger partial charge in [-0.25, -0.2) is 0 Å². The lowest BCUT2D eigenvalue weighted by Gasteiger charge is -2.19. The third-order valence-electron chi connectivity index (χ3n) is 3.55. The minimum atomic E-state index is 0.00258. The van der Waals surface area contributed by atoms with Gasteiger partial charge in [0.05, 0.1) is 6.54 Å². The number of thiocarbonyl (C=S) groups is 1. The van der Waals surface area contributed by atoms with Gasteiger partial charge in [-0.2, -0.15) is 0 Å². The molecule has 1 aliphatic rings. The summed E-state index contributed by atoms with van der Waals surface area (Å²) in [6.45, 7) is 6.84. The number of hydrogen-bond acceptors (Lipinski definition) is 3. The Morgan fingerprint density at radius 2 is 2.25 bits per heavy atom. The number of nitrogens with one attached hydrogen (secondary N) is 1. The maximum atomic E-state index is 12.0. The molecule has 1 aromatic rings. The van der Waals surface area contributed by atoms with Crippen LogP contribution in [-0.2, 0) is 4.79 Å². The van der Waals surface area contributed by atoms with Crippen molar-refractivity contribution in [3.05, 3.63) is 29.8 Å². The molecule has 3 N–H and O–H groups in total. The highest BCUT2D eigenvalue weighted by atomic mass is 32.1. The van der Waals surface area contributed by atoms with E-state index in [1.165, 1.54) is 0 Å². The summed E-state index contributed by atoms with van der Waals surface area (Å²) in [6.07, 6.45) is 1.14. The van der Waals surface area contributed by atoms with Crippen LogP contribution in [0.25, 0.3) is 0 Å². The molecule has 1 fully saturated rings. The highest BCUT2D eigenvalue weighted by molar-refractivity contribution is 7.80. The molecule has 0 aliphatic carbocycles. The smallest absolute Gasteiger partial charge is 0.238 e. The summed E-state index contributed by atoms with van der Waals surface area (Å²) in [5.41, 5.74) is 7.40. The number of likely N-dealkylation sites (tertiary alicyclic amines) is 1. The summed E-state index contributed by atoms with van der Waals surface area (Å²) in [6, 6.07) is 7.31. The van der Waals surface area contributed by atoms with E-state index >= 15 is 0 Å². The lowest BCUT2D eigenvalue weighted by atomic mass is 9.93. The molecule has 1 amide bonds. The van der Waals surface area contributed by atoms with Crippen LogP contribution in [0.4, 0.5) is 5.69 Å². The molecule has 20 heavy (non-hydrogen) atoms. The van der Waals surface area contributed by atoms with E-state index in [1.54, 1.807) is 6.07 Å². The number of hydrogen-bond donors (Lipinski definition) is 2. The molecule has 0 bridgehead atoms. The zero-order valence-electron chi connectivity index (χ0n) is 12.0. The second kappa shape index (κ2) is 5.89. The first-order valence-electron chi connectivity index (χ1n) is 6.78. The van der Waals surface area contributed by atoms with E-state index < -0.39 is 0 Å². The predicted octanol–water partition coefficient (Wildman–Crippen LogP) is 1.99. The zero-order chi connectivity index (χ0) is 14.8. The highest BCUT2D eigenvalue weighted by Crippen LogP contribution is 2.28. The van der Waals surface area contributed by atoms with Gasteiger partial charge in [-0.1, -0.05) is 38.2 Å². The molecule has 5 heteroatoms. The van der Waals surface area contributed by atoms with Crippen LogP contribution in [0.1, 0.15) is 25.8 Å². The predicted molar refractivity (Wildman–Crippen MR) is 85.8 cm³/mol. The molecular formula is C15H21N3OS. The van der Waals surface area contributed by atoms with Gasteiger partial charge in [0.25, 0.3) is 0 Å². The molecular weight excluding hydrogens is 270 g/mol. The minimum Gasteiger partial charge on any atom is -0.389 e. The van der Waals surface area contributed by atoms with Gasteiger partial charge in [0.15, 0.2) is 0 Å². The molecule has 0 saturated carbocycles. The van der Waals surface area contributed by atoms with Gasteiger partial charge in [-0.3, -0.25) is 9.69 Å². The van der Waals surface area contributed by atoms with E-state index in [-0.39, 0.29) is 5.91 Å². The third kappa shape index (κ3) is 4.02. The fourth-order valence-corrected chi connectivity index (χ4v) is 2.64. The minimum absolute atomic E-state index is 0.00258. The summed E-state index contributed by atoms with van der Waals surface area (Å²) < 4.78 is 0. The van der Waals surface area contributed by atoms with Crippen molar-refractivity contribution < 1.29 is 4.79 Å². The maximum Gasteiger partial charge on any atom is 0.238 e. The fourth-order valence-electron chi connectivity index (χ4n) is 2.51. The number of carbonyl (C=O) groups is 1. The normalized spacial score (nSPS) is 17.9. The standard InChI is InChI=1S/C15H21N3OS/c1-15(2)6-7-18(10-15)9-13(19)17-12-5-3-4-11(8-12)14(16)20/h3-5,8H,6-7,9-10H2,1-2H3,(H2,16,20)(H,17,19). The molecule has 2 rings (SSSR count). The van der Waals surface area contributed by atoms with E-state index in [9.17, 15) is 4.79 Å². The van der Waals surface area contributed by atoms with Crippen LogP contribution in [0.5, 0.6) is 0 Å². The molecule has 1 saturated heterocycles. The van der Waals surface area contributed by atoms with E-state index in [1.807, 2.05) is 18.2 Å². The lowest BCUT2D eigenvalue weighted by Crippen LogP contribution is -2.32. The van der Waals surface area contributed by atoms with Gasteiger partial charge in [-0.05, 0) is 30.5 Å². The number of nitrogens with two attached hydrogens (primary N) is 1. The Morgan fingerprint density at radius 1 is 1.50 bits per heavy atom. The third-order valence-corrected chi connectivity index (χ3v) is 3.79. The fraction of sp³-hybridized carbons (Fsp3) is 0.467. The van der Waals surface area contributed by atoms with E-state index in [2.05, 4.69) is 24.1 Å². The molecule has 108 valence electrons. The first-order valence-corrected chi connectivity index (χ1v) is 7.19. The Morgan fingerprint density at radius 3 is 2.85 bits per heavy atom.